The van der Waals surface area contributed by atoms with E-state index in [2.05, 4.69) is 31.6 Å². The van der Waals surface area contributed by atoms with E-state index in [1.807, 2.05) is 23.8 Å². The van der Waals surface area contributed by atoms with Gasteiger partial charge in [0.05, 0.1) is 16.9 Å². The van der Waals surface area contributed by atoms with E-state index in [-0.39, 0.29) is 0 Å². The highest BCUT2D eigenvalue weighted by Crippen LogP contribution is 2.22. The third kappa shape index (κ3) is 3.07. The third-order valence-electron chi connectivity index (χ3n) is 4.26. The van der Waals surface area contributed by atoms with Gasteiger partial charge in [-0.1, -0.05) is 11.2 Å². The summed E-state index contributed by atoms with van der Waals surface area (Å²) in [4.78, 5) is 12.5. The van der Waals surface area contributed by atoms with Crippen LogP contribution in [0.15, 0.2) is 28.4 Å². The van der Waals surface area contributed by atoms with Crippen molar-refractivity contribution in [2.75, 3.05) is 13.1 Å². The van der Waals surface area contributed by atoms with Gasteiger partial charge in [0.25, 0.3) is 0 Å². The molecular weight excluding hydrogens is 310 g/mol. The van der Waals surface area contributed by atoms with Gasteiger partial charge >= 0.3 is 0 Å². The van der Waals surface area contributed by atoms with E-state index >= 15 is 0 Å². The first-order chi connectivity index (χ1) is 11.3. The van der Waals surface area contributed by atoms with Crippen LogP contribution < -0.4 is 0 Å². The molecule has 0 saturated heterocycles. The van der Waals surface area contributed by atoms with E-state index in [4.69, 9.17) is 4.52 Å². The second-order valence-electron chi connectivity index (χ2n) is 5.87. The lowest BCUT2D eigenvalue weighted by molar-refractivity contribution is 0.242. The molecule has 23 heavy (non-hydrogen) atoms. The molecule has 0 spiro atoms. The molecule has 0 unspecified atom stereocenters. The quantitative estimate of drug-likeness (QED) is 0.720. The van der Waals surface area contributed by atoms with Crippen molar-refractivity contribution in [1.82, 2.24) is 24.6 Å². The number of imidazole rings is 1. The summed E-state index contributed by atoms with van der Waals surface area (Å²) in [5.41, 5.74) is 2.59. The number of aromatic nitrogens is 4. The average molecular weight is 329 g/mol. The van der Waals surface area contributed by atoms with Crippen molar-refractivity contribution in [1.29, 1.82) is 0 Å². The first-order valence-electron chi connectivity index (χ1n) is 7.87. The van der Waals surface area contributed by atoms with Crippen LogP contribution in [0.25, 0.3) is 10.7 Å². The first kappa shape index (κ1) is 14.6. The summed E-state index contributed by atoms with van der Waals surface area (Å²) in [6, 6.07) is 4.01. The fourth-order valence-electron chi connectivity index (χ4n) is 3.02. The molecule has 1 aliphatic heterocycles. The third-order valence-corrected chi connectivity index (χ3v) is 5.12. The summed E-state index contributed by atoms with van der Waals surface area (Å²) in [5, 5.41) is 6.08. The number of hydrogen-bond acceptors (Lipinski definition) is 6. The van der Waals surface area contributed by atoms with Crippen molar-refractivity contribution in [2.45, 2.75) is 25.8 Å². The molecular formula is C16H19N5OS. The number of nitrogens with zero attached hydrogens (tertiary/aromatic N) is 5. The van der Waals surface area contributed by atoms with Gasteiger partial charge in [0.15, 0.2) is 0 Å². The number of rotatable bonds is 5. The Bertz CT molecular complexity index is 776. The molecule has 0 atom stereocenters. The maximum atomic E-state index is 5.35. The lowest BCUT2D eigenvalue weighted by atomic mass is 10.1. The smallest absolute Gasteiger partial charge is 0.227 e. The van der Waals surface area contributed by atoms with Crippen molar-refractivity contribution >= 4 is 11.3 Å². The topological polar surface area (TPSA) is 60.0 Å². The van der Waals surface area contributed by atoms with Gasteiger partial charge in [0.2, 0.25) is 11.7 Å². The molecule has 0 N–H and O–H groups in total. The van der Waals surface area contributed by atoms with Crippen molar-refractivity contribution in [3.05, 3.63) is 41.1 Å². The summed E-state index contributed by atoms with van der Waals surface area (Å²) < 4.78 is 7.48. The van der Waals surface area contributed by atoms with Gasteiger partial charge in [0, 0.05) is 38.7 Å². The Morgan fingerprint density at radius 2 is 2.35 bits per heavy atom. The lowest BCUT2D eigenvalue weighted by Gasteiger charge is -2.26. The van der Waals surface area contributed by atoms with Crippen molar-refractivity contribution < 1.29 is 4.52 Å². The second-order valence-corrected chi connectivity index (χ2v) is 6.82. The van der Waals surface area contributed by atoms with E-state index in [9.17, 15) is 0 Å². The lowest BCUT2D eigenvalue weighted by Crippen LogP contribution is -2.32. The summed E-state index contributed by atoms with van der Waals surface area (Å²) in [6.07, 6.45) is 4.84. The van der Waals surface area contributed by atoms with Crippen LogP contribution in [0.4, 0.5) is 0 Å². The highest BCUT2D eigenvalue weighted by molar-refractivity contribution is 7.13. The zero-order valence-corrected chi connectivity index (χ0v) is 13.9. The van der Waals surface area contributed by atoms with Crippen molar-refractivity contribution in [3.63, 3.8) is 0 Å². The summed E-state index contributed by atoms with van der Waals surface area (Å²) in [7, 11) is 2.07. The molecule has 7 heteroatoms. The molecule has 120 valence electrons. The van der Waals surface area contributed by atoms with Gasteiger partial charge < -0.3 is 9.09 Å². The molecule has 6 nitrogen and oxygen atoms in total. The Hall–Kier alpha value is -1.99. The van der Waals surface area contributed by atoms with Gasteiger partial charge in [-0.15, -0.1) is 11.3 Å². The minimum absolute atomic E-state index is 0.700. The SMILES string of the molecule is Cn1cnc2c1CCN(CCCc1nc(-c3cccs3)no1)C2. The zero-order valence-electron chi connectivity index (χ0n) is 13.1. The van der Waals surface area contributed by atoms with E-state index in [0.29, 0.717) is 5.82 Å². The number of fused-ring (bicyclic) bond motifs is 1. The summed E-state index contributed by atoms with van der Waals surface area (Å²) >= 11 is 1.63. The highest BCUT2D eigenvalue weighted by atomic mass is 32.1. The number of thiophene rings is 1. The molecule has 0 amide bonds. The van der Waals surface area contributed by atoms with Crippen LogP contribution in [0.1, 0.15) is 23.7 Å². The fraction of sp³-hybridized carbons (Fsp3) is 0.438. The van der Waals surface area contributed by atoms with Crippen LogP contribution in [0.5, 0.6) is 0 Å². The Labute approximate surface area is 138 Å². The minimum atomic E-state index is 0.700. The number of aryl methyl sites for hydroxylation is 2. The zero-order chi connectivity index (χ0) is 15.6. The van der Waals surface area contributed by atoms with Gasteiger partial charge in [-0.3, -0.25) is 4.90 Å². The summed E-state index contributed by atoms with van der Waals surface area (Å²) in [6.45, 7) is 3.07. The van der Waals surface area contributed by atoms with E-state index in [0.717, 1.165) is 49.7 Å². The molecule has 0 radical (unpaired) electrons. The number of hydrogen-bond donors (Lipinski definition) is 0. The van der Waals surface area contributed by atoms with Crippen LogP contribution in [0.3, 0.4) is 0 Å². The first-order valence-corrected chi connectivity index (χ1v) is 8.75. The van der Waals surface area contributed by atoms with Crippen LogP contribution >= 0.6 is 11.3 Å². The van der Waals surface area contributed by atoms with E-state index in [1.54, 1.807) is 11.3 Å². The van der Waals surface area contributed by atoms with Gasteiger partial charge in [-0.05, 0) is 24.4 Å². The summed E-state index contributed by atoms with van der Waals surface area (Å²) in [5.74, 6) is 1.43. The Morgan fingerprint density at radius 3 is 3.22 bits per heavy atom. The second kappa shape index (κ2) is 6.25. The molecule has 0 bridgehead atoms. The maximum absolute atomic E-state index is 5.35. The molecule has 0 aliphatic carbocycles. The molecule has 0 fully saturated rings. The predicted molar refractivity (Wildman–Crippen MR) is 88.1 cm³/mol. The monoisotopic (exact) mass is 329 g/mol. The maximum Gasteiger partial charge on any atom is 0.227 e. The standard InChI is InChI=1S/C16H19N5OS/c1-20-11-17-12-10-21(8-6-13(12)20)7-2-5-15-18-16(19-22-15)14-4-3-9-23-14/h3-4,9,11H,2,5-8,10H2,1H3. The van der Waals surface area contributed by atoms with Gasteiger partial charge in [0.1, 0.15) is 0 Å². The van der Waals surface area contributed by atoms with Crippen LogP contribution in [0, 0.1) is 0 Å². The van der Waals surface area contributed by atoms with Crippen LogP contribution in [-0.4, -0.2) is 37.7 Å². The molecule has 0 aromatic carbocycles. The molecule has 4 rings (SSSR count). The van der Waals surface area contributed by atoms with Crippen molar-refractivity contribution in [2.24, 2.45) is 7.05 Å². The van der Waals surface area contributed by atoms with Gasteiger partial charge in [-0.2, -0.15) is 4.98 Å². The fourth-order valence-corrected chi connectivity index (χ4v) is 3.67. The molecule has 1 aliphatic rings. The van der Waals surface area contributed by atoms with E-state index in [1.165, 1.54) is 11.4 Å². The van der Waals surface area contributed by atoms with Gasteiger partial charge in [-0.25, -0.2) is 4.98 Å². The highest BCUT2D eigenvalue weighted by Gasteiger charge is 2.19. The Balaban J connectivity index is 1.29. The molecule has 3 aromatic heterocycles. The largest absolute Gasteiger partial charge is 0.339 e. The normalized spacial score (nSPS) is 15.0. The van der Waals surface area contributed by atoms with E-state index < -0.39 is 0 Å². The van der Waals surface area contributed by atoms with Crippen LogP contribution in [-0.2, 0) is 26.4 Å². The molecule has 0 saturated carbocycles. The minimum Gasteiger partial charge on any atom is -0.339 e. The van der Waals surface area contributed by atoms with Crippen molar-refractivity contribution in [3.8, 4) is 10.7 Å². The van der Waals surface area contributed by atoms with Crippen LogP contribution in [0.2, 0.25) is 0 Å². The average Bonchev–Trinajstić information content (AvgIpc) is 3.28. The Kier molecular flexibility index (Phi) is 3.97. The predicted octanol–water partition coefficient (Wildman–Crippen LogP) is 2.52. The molecule has 4 heterocycles. The Morgan fingerprint density at radius 1 is 1.39 bits per heavy atom. The molecule has 3 aromatic rings.